The largest absolute Gasteiger partial charge is 0.475 e. The van der Waals surface area contributed by atoms with Gasteiger partial charge >= 0.3 is 0 Å². The molecule has 0 spiro atoms. The summed E-state index contributed by atoms with van der Waals surface area (Å²) < 4.78 is 5.69. The molecule has 5 heteroatoms. The van der Waals surface area contributed by atoms with Crippen molar-refractivity contribution in [2.75, 3.05) is 5.32 Å². The third kappa shape index (κ3) is 3.92. The van der Waals surface area contributed by atoms with Gasteiger partial charge in [-0.1, -0.05) is 13.0 Å². The van der Waals surface area contributed by atoms with Gasteiger partial charge in [0, 0.05) is 23.7 Å². The maximum Gasteiger partial charge on any atom is 0.218 e. The molecule has 0 saturated carbocycles. The van der Waals surface area contributed by atoms with Gasteiger partial charge in [0.2, 0.25) is 5.88 Å². The molecule has 0 aromatic carbocycles. The highest BCUT2D eigenvalue weighted by molar-refractivity contribution is 7.13. The molecule has 0 aliphatic heterocycles. The minimum atomic E-state index is 0.125. The molecule has 0 amide bonds. The van der Waals surface area contributed by atoms with Crippen molar-refractivity contribution in [3.63, 3.8) is 0 Å². The van der Waals surface area contributed by atoms with Crippen LogP contribution in [0, 0.1) is 0 Å². The minimum absolute atomic E-state index is 0.125. The summed E-state index contributed by atoms with van der Waals surface area (Å²) in [5, 5.41) is 6.34. The fourth-order valence-corrected chi connectivity index (χ4v) is 2.40. The monoisotopic (exact) mass is 277 g/mol. The van der Waals surface area contributed by atoms with Crippen LogP contribution in [0.3, 0.4) is 0 Å². The predicted molar refractivity (Wildman–Crippen MR) is 78.8 cm³/mol. The van der Waals surface area contributed by atoms with E-state index < -0.39 is 0 Å². The summed E-state index contributed by atoms with van der Waals surface area (Å²) in [6, 6.07) is 3.94. The van der Waals surface area contributed by atoms with Gasteiger partial charge in [-0.05, 0) is 26.3 Å². The molecule has 0 aliphatic rings. The first-order chi connectivity index (χ1) is 9.19. The van der Waals surface area contributed by atoms with Gasteiger partial charge in [-0.15, -0.1) is 11.3 Å². The number of aryl methyl sites for hydroxylation is 1. The molecule has 0 saturated heterocycles. The summed E-state index contributed by atoms with van der Waals surface area (Å²) in [4.78, 5) is 8.75. The second-order valence-corrected chi connectivity index (χ2v) is 5.34. The van der Waals surface area contributed by atoms with E-state index in [0.29, 0.717) is 12.4 Å². The molecule has 0 bridgehead atoms. The molecule has 102 valence electrons. The van der Waals surface area contributed by atoms with Crippen LogP contribution in [0.4, 0.5) is 5.13 Å². The Bertz CT molecular complexity index is 525. The van der Waals surface area contributed by atoms with E-state index in [1.54, 1.807) is 17.5 Å². The normalized spacial score (nSPS) is 10.7. The lowest BCUT2D eigenvalue weighted by atomic mass is 10.2. The summed E-state index contributed by atoms with van der Waals surface area (Å²) >= 11 is 1.63. The van der Waals surface area contributed by atoms with Gasteiger partial charge in [-0.2, -0.15) is 0 Å². The first-order valence-corrected chi connectivity index (χ1v) is 7.35. The van der Waals surface area contributed by atoms with E-state index in [2.05, 4.69) is 27.6 Å². The van der Waals surface area contributed by atoms with E-state index in [1.165, 1.54) is 0 Å². The zero-order valence-electron chi connectivity index (χ0n) is 11.5. The Morgan fingerprint density at radius 1 is 1.42 bits per heavy atom. The van der Waals surface area contributed by atoms with Gasteiger partial charge in [0.25, 0.3) is 0 Å². The van der Waals surface area contributed by atoms with E-state index in [1.807, 2.05) is 26.0 Å². The predicted octanol–water partition coefficient (Wildman–Crippen LogP) is 3.50. The van der Waals surface area contributed by atoms with Crippen LogP contribution in [0.2, 0.25) is 0 Å². The van der Waals surface area contributed by atoms with Gasteiger partial charge < -0.3 is 10.1 Å². The quantitative estimate of drug-likeness (QED) is 0.878. The third-order valence-electron chi connectivity index (χ3n) is 2.54. The minimum Gasteiger partial charge on any atom is -0.475 e. The fourth-order valence-electron chi connectivity index (χ4n) is 1.61. The van der Waals surface area contributed by atoms with Crippen molar-refractivity contribution in [1.29, 1.82) is 0 Å². The number of pyridine rings is 1. The van der Waals surface area contributed by atoms with Crippen LogP contribution in [-0.2, 0) is 13.0 Å². The molecule has 2 heterocycles. The first-order valence-electron chi connectivity index (χ1n) is 6.48. The van der Waals surface area contributed by atoms with Crippen LogP contribution in [0.25, 0.3) is 0 Å². The second-order valence-electron chi connectivity index (χ2n) is 4.49. The Labute approximate surface area is 117 Å². The smallest absolute Gasteiger partial charge is 0.218 e. The van der Waals surface area contributed by atoms with Crippen molar-refractivity contribution in [3.8, 4) is 5.88 Å². The van der Waals surface area contributed by atoms with E-state index in [0.717, 1.165) is 22.8 Å². The molecule has 0 unspecified atom stereocenters. The molecule has 19 heavy (non-hydrogen) atoms. The molecule has 0 fully saturated rings. The molecule has 0 radical (unpaired) electrons. The van der Waals surface area contributed by atoms with Crippen molar-refractivity contribution in [2.24, 2.45) is 0 Å². The Hall–Kier alpha value is -1.62. The van der Waals surface area contributed by atoms with E-state index >= 15 is 0 Å². The fraction of sp³-hybridized carbons (Fsp3) is 0.429. The standard InChI is InChI=1S/C14H19N3OS/c1-4-12-9-19-14(17-12)16-8-11-6-5-7-15-13(11)18-10(2)3/h5-7,9-10H,4,8H2,1-3H3,(H,16,17). The van der Waals surface area contributed by atoms with Crippen LogP contribution in [-0.4, -0.2) is 16.1 Å². The maximum atomic E-state index is 5.69. The number of nitrogens with zero attached hydrogens (tertiary/aromatic N) is 2. The van der Waals surface area contributed by atoms with Crippen LogP contribution < -0.4 is 10.1 Å². The summed E-state index contributed by atoms with van der Waals surface area (Å²) in [5.74, 6) is 0.692. The summed E-state index contributed by atoms with van der Waals surface area (Å²) in [7, 11) is 0. The lowest BCUT2D eigenvalue weighted by Gasteiger charge is -2.12. The van der Waals surface area contributed by atoms with Gasteiger partial charge in [-0.25, -0.2) is 9.97 Å². The first kappa shape index (κ1) is 13.8. The highest BCUT2D eigenvalue weighted by Gasteiger charge is 2.07. The number of thiazole rings is 1. The van der Waals surface area contributed by atoms with Gasteiger partial charge in [-0.3, -0.25) is 0 Å². The summed E-state index contributed by atoms with van der Waals surface area (Å²) in [6.07, 6.45) is 2.84. The lowest BCUT2D eigenvalue weighted by Crippen LogP contribution is -2.10. The van der Waals surface area contributed by atoms with Gasteiger partial charge in [0.1, 0.15) is 0 Å². The average Bonchev–Trinajstić information content (AvgIpc) is 2.85. The molecular weight excluding hydrogens is 258 g/mol. The second kappa shape index (κ2) is 6.52. The van der Waals surface area contributed by atoms with Gasteiger partial charge in [0.15, 0.2) is 5.13 Å². The molecule has 0 aliphatic carbocycles. The van der Waals surface area contributed by atoms with Crippen LogP contribution in [0.5, 0.6) is 5.88 Å². The molecule has 2 aromatic heterocycles. The van der Waals surface area contributed by atoms with Gasteiger partial charge in [0.05, 0.1) is 11.8 Å². The van der Waals surface area contributed by atoms with Crippen molar-refractivity contribution in [3.05, 3.63) is 35.0 Å². The Kier molecular flexibility index (Phi) is 4.74. The van der Waals surface area contributed by atoms with Crippen LogP contribution in [0.1, 0.15) is 32.0 Å². The van der Waals surface area contributed by atoms with E-state index in [4.69, 9.17) is 4.74 Å². The molecule has 4 nitrogen and oxygen atoms in total. The number of anilines is 1. The molecule has 2 rings (SSSR count). The third-order valence-corrected chi connectivity index (χ3v) is 3.39. The number of nitrogens with one attached hydrogen (secondary N) is 1. The van der Waals surface area contributed by atoms with Crippen LogP contribution >= 0.6 is 11.3 Å². The van der Waals surface area contributed by atoms with Crippen molar-refractivity contribution in [2.45, 2.75) is 39.8 Å². The Morgan fingerprint density at radius 2 is 2.26 bits per heavy atom. The van der Waals surface area contributed by atoms with E-state index in [-0.39, 0.29) is 6.10 Å². The zero-order chi connectivity index (χ0) is 13.7. The molecular formula is C14H19N3OS. The highest BCUT2D eigenvalue weighted by Crippen LogP contribution is 2.20. The molecule has 2 aromatic rings. The number of hydrogen-bond donors (Lipinski definition) is 1. The van der Waals surface area contributed by atoms with Crippen LogP contribution in [0.15, 0.2) is 23.7 Å². The molecule has 0 atom stereocenters. The number of hydrogen-bond acceptors (Lipinski definition) is 5. The highest BCUT2D eigenvalue weighted by atomic mass is 32.1. The Balaban J connectivity index is 2.02. The van der Waals surface area contributed by atoms with Crippen molar-refractivity contribution < 1.29 is 4.74 Å². The van der Waals surface area contributed by atoms with E-state index in [9.17, 15) is 0 Å². The maximum absolute atomic E-state index is 5.69. The average molecular weight is 277 g/mol. The summed E-state index contributed by atoms with van der Waals surface area (Å²) in [6.45, 7) is 6.78. The van der Waals surface area contributed by atoms with Crippen molar-refractivity contribution >= 4 is 16.5 Å². The lowest BCUT2D eigenvalue weighted by molar-refractivity contribution is 0.230. The Morgan fingerprint density at radius 3 is 2.95 bits per heavy atom. The number of aromatic nitrogens is 2. The number of ether oxygens (including phenoxy) is 1. The molecule has 1 N–H and O–H groups in total. The SMILES string of the molecule is CCc1csc(NCc2cccnc2OC(C)C)n1. The topological polar surface area (TPSA) is 47.0 Å². The summed E-state index contributed by atoms with van der Waals surface area (Å²) in [5.41, 5.74) is 2.17. The number of rotatable bonds is 6. The van der Waals surface area contributed by atoms with Crippen molar-refractivity contribution in [1.82, 2.24) is 9.97 Å². The zero-order valence-corrected chi connectivity index (χ0v) is 12.3.